The zero-order valence-electron chi connectivity index (χ0n) is 14.2. The highest BCUT2D eigenvalue weighted by Gasteiger charge is 2.40. The van der Waals surface area contributed by atoms with E-state index < -0.39 is 0 Å². The normalized spacial score (nSPS) is 13.9. The van der Waals surface area contributed by atoms with Crippen LogP contribution >= 0.6 is 0 Å². The molecule has 0 aliphatic heterocycles. The third-order valence-corrected chi connectivity index (χ3v) is 5.29. The van der Waals surface area contributed by atoms with Crippen LogP contribution < -0.4 is 0 Å². The molecule has 0 unspecified atom stereocenters. The highest BCUT2D eigenvalue weighted by molar-refractivity contribution is 5.83. The van der Waals surface area contributed by atoms with Crippen molar-refractivity contribution in [2.24, 2.45) is 0 Å². The molecule has 0 bridgehead atoms. The van der Waals surface area contributed by atoms with Crippen molar-refractivity contribution in [2.75, 3.05) is 0 Å². The second-order valence-corrected chi connectivity index (χ2v) is 6.88. The van der Waals surface area contributed by atoms with E-state index >= 15 is 0 Å². The van der Waals surface area contributed by atoms with Crippen molar-refractivity contribution in [3.63, 3.8) is 0 Å². The van der Waals surface area contributed by atoms with Gasteiger partial charge in [-0.05, 0) is 48.6 Å². The Morgan fingerprint density at radius 3 is 1.71 bits per heavy atom. The molecule has 1 heteroatoms. The van der Waals surface area contributed by atoms with Gasteiger partial charge in [-0.3, -0.25) is 0 Å². The van der Waals surface area contributed by atoms with Crippen molar-refractivity contribution in [3.8, 4) is 11.1 Å². The quantitative estimate of drug-likeness (QED) is 0.472. The Kier molecular flexibility index (Phi) is 3.11. The maximum atomic E-state index is 7.19. The fourth-order valence-electron chi connectivity index (χ4n) is 3.94. The Bertz CT molecular complexity index is 936. The summed E-state index contributed by atoms with van der Waals surface area (Å²) < 4.78 is 0. The van der Waals surface area contributed by atoms with E-state index in [1.54, 1.807) is 0 Å². The second-order valence-electron chi connectivity index (χ2n) is 6.88. The zero-order valence-corrected chi connectivity index (χ0v) is 14.2. The molecule has 0 spiro atoms. The third-order valence-electron chi connectivity index (χ3n) is 5.29. The van der Waals surface area contributed by atoms with Crippen molar-refractivity contribution >= 4 is 5.69 Å². The van der Waals surface area contributed by atoms with Crippen molar-refractivity contribution in [3.05, 3.63) is 99.9 Å². The maximum Gasteiger partial charge on any atom is 0.187 e. The lowest BCUT2D eigenvalue weighted by Crippen LogP contribution is -2.22. The largest absolute Gasteiger partial charge is 0.238 e. The molecule has 0 aromatic heterocycles. The van der Waals surface area contributed by atoms with Gasteiger partial charge in [0.1, 0.15) is 0 Å². The summed E-state index contributed by atoms with van der Waals surface area (Å²) in [4.78, 5) is 3.53. The smallest absolute Gasteiger partial charge is 0.187 e. The van der Waals surface area contributed by atoms with Crippen LogP contribution in [0.5, 0.6) is 0 Å². The number of rotatable bonds is 1. The summed E-state index contributed by atoms with van der Waals surface area (Å²) in [6.45, 7) is 13.8. The first kappa shape index (κ1) is 14.7. The lowest BCUT2D eigenvalue weighted by atomic mass is 9.74. The van der Waals surface area contributed by atoms with Crippen LogP contribution in [0.4, 0.5) is 5.69 Å². The van der Waals surface area contributed by atoms with E-state index in [2.05, 4.69) is 74.1 Å². The van der Waals surface area contributed by atoms with Gasteiger partial charge in [-0.1, -0.05) is 71.8 Å². The molecule has 0 heterocycles. The molecule has 24 heavy (non-hydrogen) atoms. The first-order valence-electron chi connectivity index (χ1n) is 8.24. The van der Waals surface area contributed by atoms with E-state index in [1.165, 1.54) is 38.9 Å². The standard InChI is InChI=1S/C23H19N/c1-15-5-11-19-20-12-6-16(2)14-22(20)23(3,21(19)13-15)17-7-9-18(24-4)10-8-17/h5-14H,1-3H3. The predicted molar refractivity (Wildman–Crippen MR) is 99.6 cm³/mol. The number of fused-ring (bicyclic) bond motifs is 3. The molecule has 0 saturated heterocycles. The average molecular weight is 309 g/mol. The Balaban J connectivity index is 2.05. The Hall–Kier alpha value is -2.85. The van der Waals surface area contributed by atoms with Gasteiger partial charge in [0.15, 0.2) is 5.69 Å². The third kappa shape index (κ3) is 1.93. The highest BCUT2D eigenvalue weighted by Crippen LogP contribution is 2.52. The van der Waals surface area contributed by atoms with E-state index in [9.17, 15) is 0 Å². The molecular weight excluding hydrogens is 290 g/mol. The summed E-state index contributed by atoms with van der Waals surface area (Å²) >= 11 is 0. The van der Waals surface area contributed by atoms with Crippen LogP contribution in [-0.2, 0) is 5.41 Å². The number of nitrogens with zero attached hydrogens (tertiary/aromatic N) is 1. The lowest BCUT2D eigenvalue weighted by molar-refractivity contribution is 0.712. The second kappa shape index (κ2) is 5.08. The fourth-order valence-corrected chi connectivity index (χ4v) is 3.94. The zero-order chi connectivity index (χ0) is 16.9. The molecule has 0 saturated carbocycles. The Morgan fingerprint density at radius 1 is 0.750 bits per heavy atom. The SMILES string of the molecule is [C-]#[N+]c1ccc(C2(C)c3cc(C)ccc3-c3ccc(C)cc32)cc1. The summed E-state index contributed by atoms with van der Waals surface area (Å²) in [5.74, 6) is 0. The molecule has 0 atom stereocenters. The number of benzene rings is 3. The highest BCUT2D eigenvalue weighted by atomic mass is 14.6. The molecule has 3 aromatic rings. The van der Waals surface area contributed by atoms with Gasteiger partial charge in [-0.25, -0.2) is 4.85 Å². The molecule has 1 aliphatic rings. The monoisotopic (exact) mass is 309 g/mol. The van der Waals surface area contributed by atoms with Crippen LogP contribution in [0.1, 0.15) is 34.7 Å². The van der Waals surface area contributed by atoms with E-state index in [0.29, 0.717) is 5.69 Å². The van der Waals surface area contributed by atoms with Gasteiger partial charge in [0.2, 0.25) is 0 Å². The van der Waals surface area contributed by atoms with Crippen molar-refractivity contribution in [2.45, 2.75) is 26.2 Å². The van der Waals surface area contributed by atoms with Crippen molar-refractivity contribution in [1.29, 1.82) is 0 Å². The molecule has 0 amide bonds. The van der Waals surface area contributed by atoms with Crippen LogP contribution in [0, 0.1) is 20.4 Å². The number of aryl methyl sites for hydroxylation is 2. The van der Waals surface area contributed by atoms with Gasteiger partial charge in [-0.15, -0.1) is 0 Å². The van der Waals surface area contributed by atoms with E-state index in [-0.39, 0.29) is 5.41 Å². The first-order valence-corrected chi connectivity index (χ1v) is 8.24. The molecule has 1 nitrogen and oxygen atoms in total. The Morgan fingerprint density at radius 2 is 1.25 bits per heavy atom. The van der Waals surface area contributed by atoms with Gasteiger partial charge in [-0.2, -0.15) is 0 Å². The van der Waals surface area contributed by atoms with Crippen LogP contribution in [0.2, 0.25) is 0 Å². The van der Waals surface area contributed by atoms with Crippen LogP contribution in [-0.4, -0.2) is 0 Å². The maximum absolute atomic E-state index is 7.19. The molecule has 116 valence electrons. The summed E-state index contributed by atoms with van der Waals surface area (Å²) in [7, 11) is 0. The van der Waals surface area contributed by atoms with E-state index in [4.69, 9.17) is 6.57 Å². The van der Waals surface area contributed by atoms with Gasteiger partial charge in [0.05, 0.1) is 6.57 Å². The van der Waals surface area contributed by atoms with Gasteiger partial charge in [0.25, 0.3) is 0 Å². The first-order chi connectivity index (χ1) is 11.5. The van der Waals surface area contributed by atoms with E-state index in [0.717, 1.165) is 0 Å². The number of hydrogen-bond donors (Lipinski definition) is 0. The summed E-state index contributed by atoms with van der Waals surface area (Å²) in [6.07, 6.45) is 0. The fraction of sp³-hybridized carbons (Fsp3) is 0.174. The lowest BCUT2D eigenvalue weighted by Gasteiger charge is -2.29. The van der Waals surface area contributed by atoms with Gasteiger partial charge < -0.3 is 0 Å². The Labute approximate surface area is 143 Å². The number of hydrogen-bond acceptors (Lipinski definition) is 0. The van der Waals surface area contributed by atoms with Crippen LogP contribution in [0.15, 0.2) is 60.7 Å². The molecule has 0 fully saturated rings. The summed E-state index contributed by atoms with van der Waals surface area (Å²) in [6, 6.07) is 21.6. The minimum absolute atomic E-state index is 0.177. The van der Waals surface area contributed by atoms with Gasteiger partial charge in [0, 0.05) is 5.41 Å². The molecule has 0 N–H and O–H groups in total. The molecule has 3 aromatic carbocycles. The van der Waals surface area contributed by atoms with Crippen molar-refractivity contribution in [1.82, 2.24) is 0 Å². The summed E-state index contributed by atoms with van der Waals surface area (Å²) in [5, 5.41) is 0. The average Bonchev–Trinajstić information content (AvgIpc) is 2.84. The molecule has 4 rings (SSSR count). The molecule has 0 radical (unpaired) electrons. The minimum Gasteiger partial charge on any atom is -0.238 e. The van der Waals surface area contributed by atoms with Crippen LogP contribution in [0.25, 0.3) is 16.0 Å². The minimum atomic E-state index is -0.177. The molecular formula is C23H19N. The van der Waals surface area contributed by atoms with E-state index in [1.807, 2.05) is 12.1 Å². The predicted octanol–water partition coefficient (Wildman–Crippen LogP) is 6.19. The summed E-state index contributed by atoms with van der Waals surface area (Å²) in [5.41, 5.74) is 9.69. The topological polar surface area (TPSA) is 4.36 Å². The van der Waals surface area contributed by atoms with Crippen molar-refractivity contribution < 1.29 is 0 Å². The van der Waals surface area contributed by atoms with Gasteiger partial charge >= 0.3 is 0 Å². The molecule has 1 aliphatic carbocycles. The van der Waals surface area contributed by atoms with Crippen LogP contribution in [0.3, 0.4) is 0 Å².